The van der Waals surface area contributed by atoms with Gasteiger partial charge in [-0.05, 0) is 27.2 Å². The molecule has 0 aliphatic carbocycles. The second-order valence-corrected chi connectivity index (χ2v) is 6.27. The lowest BCUT2D eigenvalue weighted by atomic mass is 9.91. The molecule has 1 atom stereocenters. The smallest absolute Gasteiger partial charge is 0.0304 e. The third kappa shape index (κ3) is 4.22. The zero-order valence-corrected chi connectivity index (χ0v) is 12.9. The van der Waals surface area contributed by atoms with E-state index in [9.17, 15) is 0 Å². The van der Waals surface area contributed by atoms with Crippen molar-refractivity contribution in [1.82, 2.24) is 9.80 Å². The molecule has 3 heteroatoms. The van der Waals surface area contributed by atoms with E-state index < -0.39 is 0 Å². The molecule has 1 rings (SSSR count). The van der Waals surface area contributed by atoms with Gasteiger partial charge in [-0.3, -0.25) is 9.80 Å². The van der Waals surface area contributed by atoms with Gasteiger partial charge in [-0.15, -0.1) is 0 Å². The van der Waals surface area contributed by atoms with E-state index in [1.54, 1.807) is 0 Å². The Kier molecular flexibility index (Phi) is 6.61. The summed E-state index contributed by atoms with van der Waals surface area (Å²) >= 11 is 0. The molecule has 3 nitrogen and oxygen atoms in total. The van der Waals surface area contributed by atoms with E-state index in [-0.39, 0.29) is 5.54 Å². The second kappa shape index (κ2) is 7.46. The summed E-state index contributed by atoms with van der Waals surface area (Å²) in [7, 11) is 0. The fraction of sp³-hybridized carbons (Fsp3) is 1.00. The van der Waals surface area contributed by atoms with Gasteiger partial charge in [0.15, 0.2) is 0 Å². The van der Waals surface area contributed by atoms with Crippen molar-refractivity contribution < 1.29 is 0 Å². The maximum atomic E-state index is 6.06. The van der Waals surface area contributed by atoms with Crippen molar-refractivity contribution in [2.45, 2.75) is 65.0 Å². The molecule has 0 radical (unpaired) electrons. The Bertz CT molecular complexity index is 222. The predicted molar refractivity (Wildman–Crippen MR) is 79.9 cm³/mol. The van der Waals surface area contributed by atoms with Crippen LogP contribution in [0.2, 0.25) is 0 Å². The lowest BCUT2D eigenvalue weighted by molar-refractivity contribution is 0.0294. The van der Waals surface area contributed by atoms with Crippen molar-refractivity contribution in [3.05, 3.63) is 0 Å². The van der Waals surface area contributed by atoms with Gasteiger partial charge in [0.05, 0.1) is 0 Å². The van der Waals surface area contributed by atoms with Crippen LogP contribution in [0, 0.1) is 0 Å². The number of hydrogen-bond acceptors (Lipinski definition) is 3. The summed E-state index contributed by atoms with van der Waals surface area (Å²) in [5.74, 6) is 0. The second-order valence-electron chi connectivity index (χ2n) is 6.27. The first-order valence-corrected chi connectivity index (χ1v) is 7.72. The molecule has 0 bridgehead atoms. The largest absolute Gasteiger partial charge is 0.329 e. The molecule has 0 aromatic rings. The van der Waals surface area contributed by atoms with E-state index in [0.29, 0.717) is 6.04 Å². The fourth-order valence-corrected chi connectivity index (χ4v) is 2.92. The van der Waals surface area contributed by atoms with Gasteiger partial charge in [0, 0.05) is 44.3 Å². The predicted octanol–water partition coefficient (Wildman–Crippen LogP) is 2.31. The van der Waals surface area contributed by atoms with Crippen molar-refractivity contribution in [3.63, 3.8) is 0 Å². The van der Waals surface area contributed by atoms with Crippen molar-refractivity contribution in [2.24, 2.45) is 5.73 Å². The van der Waals surface area contributed by atoms with Crippen molar-refractivity contribution in [3.8, 4) is 0 Å². The average Bonchev–Trinajstić information content (AvgIpc) is 2.39. The topological polar surface area (TPSA) is 32.5 Å². The molecule has 1 fully saturated rings. The van der Waals surface area contributed by atoms with Crippen LogP contribution in [0.4, 0.5) is 0 Å². The molecule has 0 amide bonds. The molecular formula is C15H33N3. The maximum Gasteiger partial charge on any atom is 0.0304 e. The normalized spacial score (nSPS) is 22.3. The van der Waals surface area contributed by atoms with E-state index in [2.05, 4.69) is 37.5 Å². The van der Waals surface area contributed by atoms with Crippen LogP contribution in [0.1, 0.15) is 53.4 Å². The van der Waals surface area contributed by atoms with E-state index in [0.717, 1.165) is 6.54 Å². The van der Waals surface area contributed by atoms with Gasteiger partial charge >= 0.3 is 0 Å². The molecule has 0 spiro atoms. The minimum atomic E-state index is 0.220. The van der Waals surface area contributed by atoms with E-state index in [1.165, 1.54) is 51.9 Å². The van der Waals surface area contributed by atoms with Crippen molar-refractivity contribution in [2.75, 3.05) is 32.7 Å². The Hall–Kier alpha value is -0.120. The maximum absolute atomic E-state index is 6.06. The number of rotatable bonds is 7. The summed E-state index contributed by atoms with van der Waals surface area (Å²) in [5.41, 5.74) is 6.28. The van der Waals surface area contributed by atoms with Gasteiger partial charge in [0.2, 0.25) is 0 Å². The summed E-state index contributed by atoms with van der Waals surface area (Å²) in [4.78, 5) is 5.20. The summed E-state index contributed by atoms with van der Waals surface area (Å²) in [6.07, 6.45) is 5.19. The van der Waals surface area contributed by atoms with Crippen LogP contribution in [0.3, 0.4) is 0 Å². The molecule has 0 aromatic carbocycles. The van der Waals surface area contributed by atoms with Crippen LogP contribution in [0.25, 0.3) is 0 Å². The van der Waals surface area contributed by atoms with Crippen LogP contribution < -0.4 is 5.73 Å². The highest BCUT2D eigenvalue weighted by molar-refractivity contribution is 4.90. The number of hydrogen-bond donors (Lipinski definition) is 1. The summed E-state index contributed by atoms with van der Waals surface area (Å²) in [5, 5.41) is 0. The highest BCUT2D eigenvalue weighted by atomic mass is 15.3. The van der Waals surface area contributed by atoms with Crippen LogP contribution >= 0.6 is 0 Å². The van der Waals surface area contributed by atoms with Gasteiger partial charge in [-0.1, -0.05) is 26.2 Å². The Morgan fingerprint density at radius 1 is 1.11 bits per heavy atom. The molecule has 2 N–H and O–H groups in total. The minimum absolute atomic E-state index is 0.220. The van der Waals surface area contributed by atoms with Gasteiger partial charge in [0.25, 0.3) is 0 Å². The Morgan fingerprint density at radius 3 is 2.17 bits per heavy atom. The van der Waals surface area contributed by atoms with Crippen LogP contribution in [0.15, 0.2) is 0 Å². The molecule has 0 saturated carbocycles. The SMILES string of the molecule is CCCCCC(C)(CN)N1CCN(C(C)C)CC1. The first-order chi connectivity index (χ1) is 8.53. The van der Waals surface area contributed by atoms with Crippen LogP contribution in [-0.4, -0.2) is 54.1 Å². The van der Waals surface area contributed by atoms with E-state index in [1.807, 2.05) is 0 Å². The number of nitrogens with two attached hydrogens (primary N) is 1. The van der Waals surface area contributed by atoms with Gasteiger partial charge in [-0.2, -0.15) is 0 Å². The number of nitrogens with zero attached hydrogens (tertiary/aromatic N) is 2. The molecule has 1 aliphatic heterocycles. The van der Waals surface area contributed by atoms with Crippen LogP contribution in [-0.2, 0) is 0 Å². The molecule has 108 valence electrons. The van der Waals surface area contributed by atoms with Crippen molar-refractivity contribution >= 4 is 0 Å². The summed E-state index contributed by atoms with van der Waals surface area (Å²) in [6.45, 7) is 14.7. The lowest BCUT2D eigenvalue weighted by Gasteiger charge is -2.46. The quantitative estimate of drug-likeness (QED) is 0.709. The zero-order chi connectivity index (χ0) is 13.6. The zero-order valence-electron chi connectivity index (χ0n) is 12.9. The highest BCUT2D eigenvalue weighted by Gasteiger charge is 2.32. The first-order valence-electron chi connectivity index (χ1n) is 7.72. The lowest BCUT2D eigenvalue weighted by Crippen LogP contribution is -2.59. The fourth-order valence-electron chi connectivity index (χ4n) is 2.92. The standard InChI is InChI=1S/C15H33N3/c1-5-6-7-8-15(4,13-16)18-11-9-17(10-12-18)14(2)3/h14H,5-13,16H2,1-4H3. The first kappa shape index (κ1) is 15.9. The number of piperazine rings is 1. The molecular weight excluding hydrogens is 222 g/mol. The molecule has 18 heavy (non-hydrogen) atoms. The van der Waals surface area contributed by atoms with Crippen LogP contribution in [0.5, 0.6) is 0 Å². The van der Waals surface area contributed by atoms with E-state index >= 15 is 0 Å². The average molecular weight is 255 g/mol. The van der Waals surface area contributed by atoms with Gasteiger partial charge < -0.3 is 5.73 Å². The molecule has 1 unspecified atom stereocenters. The van der Waals surface area contributed by atoms with Gasteiger partial charge in [-0.25, -0.2) is 0 Å². The summed E-state index contributed by atoms with van der Waals surface area (Å²) in [6, 6.07) is 0.677. The van der Waals surface area contributed by atoms with Gasteiger partial charge in [0.1, 0.15) is 0 Å². The third-order valence-electron chi connectivity index (χ3n) is 4.57. The highest BCUT2D eigenvalue weighted by Crippen LogP contribution is 2.23. The summed E-state index contributed by atoms with van der Waals surface area (Å²) < 4.78 is 0. The molecule has 0 aromatic heterocycles. The Labute approximate surface area is 114 Å². The number of unbranched alkanes of at least 4 members (excludes halogenated alkanes) is 2. The van der Waals surface area contributed by atoms with Crippen molar-refractivity contribution in [1.29, 1.82) is 0 Å². The monoisotopic (exact) mass is 255 g/mol. The third-order valence-corrected chi connectivity index (χ3v) is 4.57. The molecule has 1 heterocycles. The molecule has 1 aliphatic rings. The Morgan fingerprint density at radius 2 is 1.72 bits per heavy atom. The Balaban J connectivity index is 2.46. The van der Waals surface area contributed by atoms with E-state index in [4.69, 9.17) is 5.73 Å². The molecule has 1 saturated heterocycles. The minimum Gasteiger partial charge on any atom is -0.329 e.